The number of fused-ring (bicyclic) bond motifs is 1. The number of nitrogens with zero attached hydrogens (tertiary/aromatic N) is 4. The fraction of sp³-hybridized carbons (Fsp3) is 0.100. The van der Waals surface area contributed by atoms with Crippen LogP contribution in [0.5, 0.6) is 0 Å². The van der Waals surface area contributed by atoms with Crippen LogP contribution in [-0.2, 0) is 9.73 Å². The van der Waals surface area contributed by atoms with E-state index in [2.05, 4.69) is 19.6 Å². The van der Waals surface area contributed by atoms with E-state index >= 15 is 0 Å². The number of benzene rings is 2. The first-order valence-electron chi connectivity index (χ1n) is 8.73. The molecule has 0 amide bonds. The molecule has 0 saturated carbocycles. The van der Waals surface area contributed by atoms with Crippen LogP contribution in [0.25, 0.3) is 16.7 Å². The molecule has 0 saturated heterocycles. The smallest absolute Gasteiger partial charge is 0.229 e. The Morgan fingerprint density at radius 3 is 2.62 bits per heavy atom. The molecular weight excluding hydrogens is 408 g/mol. The molecule has 29 heavy (non-hydrogen) atoms. The SMILES string of the molecule is CS(C)(=O)=Nc1ccc(Nc2ncc(Cl)c(-n3ccc4c(N)cccc43)n2)cc1. The summed E-state index contributed by atoms with van der Waals surface area (Å²) in [6, 6.07) is 14.9. The molecular formula is C20H19ClN6OS. The van der Waals surface area contributed by atoms with Crippen molar-refractivity contribution in [2.45, 2.75) is 0 Å². The quantitative estimate of drug-likeness (QED) is 0.458. The topological polar surface area (TPSA) is 98.2 Å². The van der Waals surface area contributed by atoms with Crippen LogP contribution in [0.4, 0.5) is 23.0 Å². The number of rotatable bonds is 4. The zero-order valence-corrected chi connectivity index (χ0v) is 17.4. The molecule has 148 valence electrons. The maximum absolute atomic E-state index is 11.8. The van der Waals surface area contributed by atoms with Gasteiger partial charge >= 0.3 is 0 Å². The van der Waals surface area contributed by atoms with Crippen molar-refractivity contribution in [1.29, 1.82) is 0 Å². The Bertz CT molecular complexity index is 1310. The van der Waals surface area contributed by atoms with Crippen LogP contribution >= 0.6 is 11.6 Å². The second-order valence-corrected chi connectivity index (χ2v) is 9.73. The molecule has 2 aromatic heterocycles. The molecule has 0 bridgehead atoms. The standard InChI is InChI=1S/C20H19ClN6OS/c1-29(2,28)26-14-8-6-13(7-9-14)24-20-23-12-16(21)19(25-20)27-11-10-15-17(22)4-3-5-18(15)27/h3-12H,22H2,1-2H3,(H,23,24,25). The summed E-state index contributed by atoms with van der Waals surface area (Å²) >= 11 is 6.37. The predicted molar refractivity (Wildman–Crippen MR) is 120 cm³/mol. The van der Waals surface area contributed by atoms with Gasteiger partial charge in [-0.05, 0) is 42.5 Å². The highest BCUT2D eigenvalue weighted by Crippen LogP contribution is 2.28. The number of nitrogens with two attached hydrogens (primary N) is 1. The molecule has 9 heteroatoms. The Balaban J connectivity index is 1.67. The van der Waals surface area contributed by atoms with Crippen LogP contribution in [0.15, 0.2) is 65.3 Å². The lowest BCUT2D eigenvalue weighted by Gasteiger charge is -2.10. The molecule has 0 unspecified atom stereocenters. The minimum absolute atomic E-state index is 0.398. The summed E-state index contributed by atoms with van der Waals surface area (Å²) < 4.78 is 17.9. The Morgan fingerprint density at radius 1 is 1.14 bits per heavy atom. The van der Waals surface area contributed by atoms with Crippen LogP contribution in [0, 0.1) is 0 Å². The lowest BCUT2D eigenvalue weighted by Crippen LogP contribution is -2.03. The molecule has 0 atom stereocenters. The summed E-state index contributed by atoms with van der Waals surface area (Å²) in [7, 11) is -2.20. The van der Waals surface area contributed by atoms with Gasteiger partial charge in [0.1, 0.15) is 5.02 Å². The maximum atomic E-state index is 11.8. The fourth-order valence-corrected chi connectivity index (χ4v) is 3.76. The van der Waals surface area contributed by atoms with Gasteiger partial charge in [0.05, 0.1) is 17.4 Å². The van der Waals surface area contributed by atoms with E-state index in [0.29, 0.717) is 28.2 Å². The van der Waals surface area contributed by atoms with Crippen molar-refractivity contribution in [1.82, 2.24) is 14.5 Å². The molecule has 0 aliphatic rings. The minimum atomic E-state index is -2.20. The van der Waals surface area contributed by atoms with Gasteiger partial charge in [0.15, 0.2) is 5.82 Å². The van der Waals surface area contributed by atoms with Crippen LogP contribution in [0.1, 0.15) is 0 Å². The second kappa shape index (κ2) is 7.38. The normalized spacial score (nSPS) is 11.6. The van der Waals surface area contributed by atoms with Crippen molar-refractivity contribution in [3.63, 3.8) is 0 Å². The molecule has 4 rings (SSSR count). The summed E-state index contributed by atoms with van der Waals surface area (Å²) in [6.07, 6.45) is 6.63. The van der Waals surface area contributed by atoms with Gasteiger partial charge in [0, 0.05) is 45.2 Å². The first-order chi connectivity index (χ1) is 13.8. The lowest BCUT2D eigenvalue weighted by atomic mass is 10.2. The van der Waals surface area contributed by atoms with Gasteiger partial charge in [0.25, 0.3) is 0 Å². The average molecular weight is 427 g/mol. The van der Waals surface area contributed by atoms with Crippen molar-refractivity contribution in [2.75, 3.05) is 23.6 Å². The fourth-order valence-electron chi connectivity index (χ4n) is 2.95. The van der Waals surface area contributed by atoms with E-state index in [1.165, 1.54) is 0 Å². The Labute approximate surface area is 173 Å². The number of nitrogens with one attached hydrogen (secondary N) is 1. The maximum Gasteiger partial charge on any atom is 0.229 e. The first kappa shape index (κ1) is 19.2. The average Bonchev–Trinajstić information content (AvgIpc) is 3.09. The third-order valence-electron chi connectivity index (χ3n) is 4.17. The summed E-state index contributed by atoms with van der Waals surface area (Å²) in [5.74, 6) is 0.947. The monoisotopic (exact) mass is 426 g/mol. The third kappa shape index (κ3) is 4.18. The van der Waals surface area contributed by atoms with Gasteiger partial charge in [0.2, 0.25) is 5.95 Å². The predicted octanol–water partition coefficient (Wildman–Crippen LogP) is 4.76. The molecule has 0 spiro atoms. The third-order valence-corrected chi connectivity index (χ3v) is 5.09. The Morgan fingerprint density at radius 2 is 1.90 bits per heavy atom. The highest BCUT2D eigenvalue weighted by molar-refractivity contribution is 7.92. The highest BCUT2D eigenvalue weighted by atomic mass is 35.5. The molecule has 0 aliphatic heterocycles. The van der Waals surface area contributed by atoms with Crippen molar-refractivity contribution in [2.24, 2.45) is 4.36 Å². The van der Waals surface area contributed by atoms with Gasteiger partial charge in [-0.25, -0.2) is 9.19 Å². The summed E-state index contributed by atoms with van der Waals surface area (Å²) in [5, 5.41) is 4.50. The lowest BCUT2D eigenvalue weighted by molar-refractivity contribution is 0.684. The van der Waals surface area contributed by atoms with Gasteiger partial charge in [-0.15, -0.1) is 0 Å². The van der Waals surface area contributed by atoms with Gasteiger partial charge in [-0.3, -0.25) is 4.57 Å². The van der Waals surface area contributed by atoms with Gasteiger partial charge in [-0.1, -0.05) is 17.7 Å². The van der Waals surface area contributed by atoms with Crippen LogP contribution in [-0.4, -0.2) is 31.3 Å². The summed E-state index contributed by atoms with van der Waals surface area (Å²) in [6.45, 7) is 0. The Kier molecular flexibility index (Phi) is 4.89. The number of anilines is 3. The molecule has 0 aliphatic carbocycles. The van der Waals surface area contributed by atoms with Crippen LogP contribution in [0.3, 0.4) is 0 Å². The van der Waals surface area contributed by atoms with Crippen LogP contribution < -0.4 is 11.1 Å². The van der Waals surface area contributed by atoms with E-state index in [-0.39, 0.29) is 0 Å². The number of aromatic nitrogens is 3. The van der Waals surface area contributed by atoms with E-state index < -0.39 is 9.73 Å². The number of halogens is 1. The molecule has 2 aromatic carbocycles. The zero-order chi connectivity index (χ0) is 20.6. The first-order valence-corrected chi connectivity index (χ1v) is 11.4. The molecule has 3 N–H and O–H groups in total. The van der Waals surface area contributed by atoms with Crippen molar-refractivity contribution >= 4 is 55.2 Å². The zero-order valence-electron chi connectivity index (χ0n) is 15.8. The van der Waals surface area contributed by atoms with Crippen molar-refractivity contribution in [3.05, 3.63) is 65.9 Å². The summed E-state index contributed by atoms with van der Waals surface area (Å²) in [4.78, 5) is 8.83. The van der Waals surface area contributed by atoms with Gasteiger partial charge in [-0.2, -0.15) is 9.35 Å². The number of hydrogen-bond donors (Lipinski definition) is 2. The van der Waals surface area contributed by atoms with Crippen molar-refractivity contribution in [3.8, 4) is 5.82 Å². The van der Waals surface area contributed by atoms with E-state index in [9.17, 15) is 4.21 Å². The number of nitrogen functional groups attached to an aromatic ring is 1. The Hall–Kier alpha value is -3.10. The largest absolute Gasteiger partial charge is 0.398 e. The number of hydrogen-bond acceptors (Lipinski definition) is 6. The molecule has 0 radical (unpaired) electrons. The molecule has 0 fully saturated rings. The van der Waals surface area contributed by atoms with Gasteiger partial charge < -0.3 is 11.1 Å². The molecule has 4 aromatic rings. The highest BCUT2D eigenvalue weighted by Gasteiger charge is 2.12. The van der Waals surface area contributed by atoms with E-state index in [0.717, 1.165) is 16.6 Å². The van der Waals surface area contributed by atoms with E-state index in [1.807, 2.05) is 47.2 Å². The second-order valence-electron chi connectivity index (χ2n) is 6.78. The van der Waals surface area contributed by atoms with E-state index in [1.54, 1.807) is 30.8 Å². The molecule has 2 heterocycles. The van der Waals surface area contributed by atoms with Crippen molar-refractivity contribution < 1.29 is 4.21 Å². The van der Waals surface area contributed by atoms with E-state index in [4.69, 9.17) is 17.3 Å². The molecule has 7 nitrogen and oxygen atoms in total. The minimum Gasteiger partial charge on any atom is -0.398 e. The van der Waals surface area contributed by atoms with Crippen LogP contribution in [0.2, 0.25) is 5.02 Å². The summed E-state index contributed by atoms with van der Waals surface area (Å²) in [5.41, 5.74) is 9.08.